The molecule has 4 rings (SSSR count). The van der Waals surface area contributed by atoms with E-state index in [-0.39, 0.29) is 13.8 Å². The Kier molecular flexibility index (Phi) is 6.40. The molecule has 31 heavy (non-hydrogen) atoms. The number of nitrogens with two attached hydrogens (primary N) is 1. The van der Waals surface area contributed by atoms with E-state index in [1.165, 1.54) is 6.07 Å². The fourth-order valence-electron chi connectivity index (χ4n) is 3.15. The van der Waals surface area contributed by atoms with Gasteiger partial charge >= 0.3 is 0 Å². The maximum Gasteiger partial charge on any atom is 0.252 e. The lowest BCUT2D eigenvalue weighted by molar-refractivity contribution is -0.119. The molecule has 158 valence electrons. The maximum absolute atomic E-state index is 13.9. The predicted molar refractivity (Wildman–Crippen MR) is 117 cm³/mol. The van der Waals surface area contributed by atoms with E-state index in [2.05, 4.69) is 20.3 Å². The van der Waals surface area contributed by atoms with E-state index < -0.39 is 23.7 Å². The van der Waals surface area contributed by atoms with E-state index in [1.54, 1.807) is 48.8 Å². The van der Waals surface area contributed by atoms with Crippen molar-refractivity contribution in [2.45, 2.75) is 19.9 Å². The fraction of sp³-hybridized carbons (Fsp3) is 0.130. The van der Waals surface area contributed by atoms with E-state index in [0.717, 1.165) is 5.56 Å². The summed E-state index contributed by atoms with van der Waals surface area (Å²) in [5, 5.41) is 2.59. The number of pyridine rings is 1. The Balaban J connectivity index is 0.00000272. The highest BCUT2D eigenvalue weighted by molar-refractivity contribution is 6.00. The van der Waals surface area contributed by atoms with Gasteiger partial charge in [0.1, 0.15) is 17.7 Å². The molecule has 0 saturated carbocycles. The monoisotopic (exact) mass is 419 g/mol. The minimum Gasteiger partial charge on any atom is -0.368 e. The number of aromatic amines is 1. The van der Waals surface area contributed by atoms with Crippen LogP contribution in [0.3, 0.4) is 0 Å². The first kappa shape index (κ1) is 21.6. The highest BCUT2D eigenvalue weighted by atomic mass is 19.1. The SMILES string of the molecule is C.NC(=O)[C@H](Cc1ccccc1F)NC(=O)c1ccc2nc(-c3ccncc3)[nH]c2c1. The van der Waals surface area contributed by atoms with Crippen LogP contribution < -0.4 is 11.1 Å². The molecule has 2 amide bonds. The van der Waals surface area contributed by atoms with Crippen LogP contribution in [-0.2, 0) is 11.2 Å². The summed E-state index contributed by atoms with van der Waals surface area (Å²) in [6.07, 6.45) is 3.30. The molecule has 0 radical (unpaired) electrons. The molecular formula is C23H22FN5O2. The van der Waals surface area contributed by atoms with Gasteiger partial charge in [0.2, 0.25) is 5.91 Å². The van der Waals surface area contributed by atoms with Crippen molar-refractivity contribution in [1.82, 2.24) is 20.3 Å². The highest BCUT2D eigenvalue weighted by Crippen LogP contribution is 2.21. The number of amides is 2. The third-order valence-corrected chi connectivity index (χ3v) is 4.73. The molecule has 2 aromatic carbocycles. The van der Waals surface area contributed by atoms with Gasteiger partial charge in [-0.15, -0.1) is 0 Å². The first-order chi connectivity index (χ1) is 14.5. The molecule has 4 aromatic rings. The molecule has 0 aliphatic rings. The lowest BCUT2D eigenvalue weighted by Crippen LogP contribution is -2.46. The van der Waals surface area contributed by atoms with E-state index >= 15 is 0 Å². The van der Waals surface area contributed by atoms with Crippen molar-refractivity contribution in [1.29, 1.82) is 0 Å². The Bertz CT molecular complexity index is 1220. The van der Waals surface area contributed by atoms with Gasteiger partial charge in [-0.25, -0.2) is 9.37 Å². The Hall–Kier alpha value is -4.07. The maximum atomic E-state index is 13.9. The van der Waals surface area contributed by atoms with Gasteiger partial charge in [-0.3, -0.25) is 14.6 Å². The number of benzene rings is 2. The number of carbonyl (C=O) groups is 2. The Labute approximate surface area is 178 Å². The first-order valence-electron chi connectivity index (χ1n) is 9.25. The van der Waals surface area contributed by atoms with Crippen molar-refractivity contribution in [2.75, 3.05) is 0 Å². The van der Waals surface area contributed by atoms with Crippen LogP contribution in [0.5, 0.6) is 0 Å². The molecule has 0 saturated heterocycles. The van der Waals surface area contributed by atoms with Crippen molar-refractivity contribution in [3.05, 3.63) is 83.9 Å². The molecule has 1 atom stereocenters. The number of hydrogen-bond donors (Lipinski definition) is 3. The van der Waals surface area contributed by atoms with Gasteiger partial charge in [-0.1, -0.05) is 25.6 Å². The summed E-state index contributed by atoms with van der Waals surface area (Å²) in [6.45, 7) is 0. The van der Waals surface area contributed by atoms with Crippen molar-refractivity contribution in [3.63, 3.8) is 0 Å². The molecule has 0 unspecified atom stereocenters. The molecule has 0 bridgehead atoms. The predicted octanol–water partition coefficient (Wildman–Crippen LogP) is 3.23. The largest absolute Gasteiger partial charge is 0.368 e. The first-order valence-corrected chi connectivity index (χ1v) is 9.25. The number of nitrogens with one attached hydrogen (secondary N) is 2. The van der Waals surface area contributed by atoms with E-state index in [4.69, 9.17) is 5.73 Å². The zero-order valence-electron chi connectivity index (χ0n) is 15.8. The standard InChI is InChI=1S/C22H18FN5O2.CH4/c23-16-4-2-1-3-14(16)11-19(20(24)29)28-22(30)15-5-6-17-18(12-15)27-21(26-17)13-7-9-25-10-8-13;/h1-10,12,19H,11H2,(H2,24,29)(H,26,27)(H,28,30);1H4/t19-;/m0./s1. The highest BCUT2D eigenvalue weighted by Gasteiger charge is 2.21. The fourth-order valence-corrected chi connectivity index (χ4v) is 3.15. The van der Waals surface area contributed by atoms with Gasteiger partial charge in [0.25, 0.3) is 5.91 Å². The molecule has 4 N–H and O–H groups in total. The summed E-state index contributed by atoms with van der Waals surface area (Å²) in [4.78, 5) is 36.2. The summed E-state index contributed by atoms with van der Waals surface area (Å²) < 4.78 is 13.9. The molecule has 2 heterocycles. The van der Waals surface area contributed by atoms with Gasteiger partial charge in [-0.2, -0.15) is 0 Å². The summed E-state index contributed by atoms with van der Waals surface area (Å²) in [5.41, 5.74) is 8.27. The minimum atomic E-state index is -1.04. The van der Waals surface area contributed by atoms with Crippen LogP contribution in [0.15, 0.2) is 67.0 Å². The van der Waals surface area contributed by atoms with Crippen LogP contribution in [-0.4, -0.2) is 32.8 Å². The zero-order chi connectivity index (χ0) is 21.1. The summed E-state index contributed by atoms with van der Waals surface area (Å²) in [7, 11) is 0. The lowest BCUT2D eigenvalue weighted by atomic mass is 10.0. The van der Waals surface area contributed by atoms with Crippen LogP contribution in [0.4, 0.5) is 4.39 Å². The smallest absolute Gasteiger partial charge is 0.252 e. The van der Waals surface area contributed by atoms with Crippen molar-refractivity contribution >= 4 is 22.8 Å². The van der Waals surface area contributed by atoms with Gasteiger partial charge < -0.3 is 16.0 Å². The summed E-state index contributed by atoms with van der Waals surface area (Å²) >= 11 is 0. The third kappa shape index (κ3) is 4.75. The van der Waals surface area contributed by atoms with Gasteiger partial charge in [0, 0.05) is 29.9 Å². The van der Waals surface area contributed by atoms with Crippen LogP contribution in [0, 0.1) is 5.82 Å². The Morgan fingerprint density at radius 3 is 2.55 bits per heavy atom. The summed E-state index contributed by atoms with van der Waals surface area (Å²) in [5.74, 6) is -1.04. The number of fused-ring (bicyclic) bond motifs is 1. The van der Waals surface area contributed by atoms with E-state index in [9.17, 15) is 14.0 Å². The number of rotatable bonds is 6. The Morgan fingerprint density at radius 1 is 1.10 bits per heavy atom. The zero-order valence-corrected chi connectivity index (χ0v) is 15.8. The number of halogens is 1. The number of H-pyrrole nitrogens is 1. The molecule has 0 aliphatic heterocycles. The van der Waals surface area contributed by atoms with Crippen LogP contribution >= 0.6 is 0 Å². The summed E-state index contributed by atoms with van der Waals surface area (Å²) in [6, 6.07) is 13.6. The van der Waals surface area contributed by atoms with Gasteiger partial charge in [0.15, 0.2) is 0 Å². The number of imidazole rings is 1. The third-order valence-electron chi connectivity index (χ3n) is 4.73. The average molecular weight is 419 g/mol. The van der Waals surface area contributed by atoms with E-state index in [0.29, 0.717) is 28.0 Å². The van der Waals surface area contributed by atoms with Gasteiger partial charge in [0.05, 0.1) is 11.0 Å². The molecule has 0 spiro atoms. The molecule has 0 aliphatic carbocycles. The number of aromatic nitrogens is 3. The second kappa shape index (κ2) is 9.17. The Morgan fingerprint density at radius 2 is 1.84 bits per heavy atom. The number of hydrogen-bond acceptors (Lipinski definition) is 4. The second-order valence-electron chi connectivity index (χ2n) is 6.78. The average Bonchev–Trinajstić information content (AvgIpc) is 3.18. The quantitative estimate of drug-likeness (QED) is 0.445. The van der Waals surface area contributed by atoms with E-state index in [1.807, 2.05) is 12.1 Å². The number of carbonyl (C=O) groups excluding carboxylic acids is 2. The lowest BCUT2D eigenvalue weighted by Gasteiger charge is -2.16. The molecular weight excluding hydrogens is 397 g/mol. The van der Waals surface area contributed by atoms with Crippen LogP contribution in [0.25, 0.3) is 22.4 Å². The molecule has 8 heteroatoms. The molecule has 7 nitrogen and oxygen atoms in total. The molecule has 2 aromatic heterocycles. The second-order valence-corrected chi connectivity index (χ2v) is 6.78. The number of nitrogens with zero attached hydrogens (tertiary/aromatic N) is 2. The van der Waals surface area contributed by atoms with Gasteiger partial charge in [-0.05, 0) is 42.0 Å². The number of primary amides is 1. The van der Waals surface area contributed by atoms with Crippen LogP contribution in [0.2, 0.25) is 0 Å². The molecule has 0 fully saturated rings. The van der Waals surface area contributed by atoms with Crippen molar-refractivity contribution < 1.29 is 14.0 Å². The normalized spacial score (nSPS) is 11.5. The topological polar surface area (TPSA) is 114 Å². The van der Waals surface area contributed by atoms with Crippen molar-refractivity contribution in [3.8, 4) is 11.4 Å². The van der Waals surface area contributed by atoms with Crippen molar-refractivity contribution in [2.24, 2.45) is 5.73 Å². The minimum absolute atomic E-state index is 0. The van der Waals surface area contributed by atoms with Crippen LogP contribution in [0.1, 0.15) is 23.3 Å².